The number of hydrazine groups is 1. The van der Waals surface area contributed by atoms with Crippen LogP contribution in [-0.2, 0) is 9.59 Å². The fourth-order valence-electron chi connectivity index (χ4n) is 2.06. The highest BCUT2D eigenvalue weighted by atomic mass is 79.9. The Labute approximate surface area is 165 Å². The molecule has 0 saturated heterocycles. The number of amides is 2. The Morgan fingerprint density at radius 2 is 1.74 bits per heavy atom. The topological polar surface area (TPSA) is 76.7 Å². The fraction of sp³-hybridized carbons (Fsp3) is 0.263. The van der Waals surface area contributed by atoms with Gasteiger partial charge in [-0.15, -0.1) is 0 Å². The molecule has 0 radical (unpaired) electrons. The molecule has 0 aromatic heterocycles. The minimum absolute atomic E-state index is 0.0318. The van der Waals surface area contributed by atoms with Gasteiger partial charge in [0, 0.05) is 6.42 Å². The third kappa shape index (κ3) is 6.90. The van der Waals surface area contributed by atoms with E-state index in [9.17, 15) is 14.0 Å². The summed E-state index contributed by atoms with van der Waals surface area (Å²) in [5.74, 6) is -0.847. The molecule has 6 nitrogen and oxygen atoms in total. The van der Waals surface area contributed by atoms with Crippen molar-refractivity contribution in [2.75, 3.05) is 6.61 Å². The number of hydrogen-bond donors (Lipinski definition) is 2. The van der Waals surface area contributed by atoms with Crippen LogP contribution in [-0.4, -0.2) is 24.5 Å². The van der Waals surface area contributed by atoms with Crippen molar-refractivity contribution in [2.24, 2.45) is 0 Å². The van der Waals surface area contributed by atoms with Gasteiger partial charge in [0.2, 0.25) is 5.91 Å². The van der Waals surface area contributed by atoms with E-state index in [0.717, 1.165) is 4.47 Å². The van der Waals surface area contributed by atoms with Crippen LogP contribution >= 0.6 is 15.9 Å². The fourth-order valence-corrected chi connectivity index (χ4v) is 2.46. The molecule has 2 rings (SSSR count). The SMILES string of the molecule is CC(Oc1ccccc1F)C(=O)NNC(=O)CCCOc1ccccc1Br. The minimum Gasteiger partial charge on any atom is -0.492 e. The van der Waals surface area contributed by atoms with Crippen molar-refractivity contribution in [3.63, 3.8) is 0 Å². The highest BCUT2D eigenvalue weighted by Gasteiger charge is 2.17. The molecule has 0 saturated carbocycles. The van der Waals surface area contributed by atoms with Gasteiger partial charge in [0.05, 0.1) is 11.1 Å². The molecule has 0 fully saturated rings. The van der Waals surface area contributed by atoms with Gasteiger partial charge < -0.3 is 9.47 Å². The summed E-state index contributed by atoms with van der Waals surface area (Å²) in [6, 6.07) is 13.2. The Morgan fingerprint density at radius 3 is 2.44 bits per heavy atom. The van der Waals surface area contributed by atoms with Crippen molar-refractivity contribution >= 4 is 27.7 Å². The second-order valence-electron chi connectivity index (χ2n) is 5.61. The summed E-state index contributed by atoms with van der Waals surface area (Å²) in [6.07, 6.45) is -0.321. The van der Waals surface area contributed by atoms with E-state index in [-0.39, 0.29) is 18.1 Å². The Morgan fingerprint density at radius 1 is 1.07 bits per heavy atom. The summed E-state index contributed by atoms with van der Waals surface area (Å²) in [7, 11) is 0. The Hall–Kier alpha value is -2.61. The van der Waals surface area contributed by atoms with E-state index in [1.54, 1.807) is 6.07 Å². The first-order valence-electron chi connectivity index (χ1n) is 8.34. The van der Waals surface area contributed by atoms with Gasteiger partial charge in [-0.3, -0.25) is 20.4 Å². The predicted octanol–water partition coefficient (Wildman–Crippen LogP) is 3.36. The van der Waals surface area contributed by atoms with E-state index in [2.05, 4.69) is 26.8 Å². The highest BCUT2D eigenvalue weighted by molar-refractivity contribution is 9.10. The normalized spacial score (nSPS) is 11.4. The first kappa shape index (κ1) is 20.7. The van der Waals surface area contributed by atoms with E-state index in [0.29, 0.717) is 18.8 Å². The average Bonchev–Trinajstić information content (AvgIpc) is 2.66. The van der Waals surface area contributed by atoms with Crippen LogP contribution in [0, 0.1) is 5.82 Å². The summed E-state index contributed by atoms with van der Waals surface area (Å²) in [5.41, 5.74) is 4.55. The quantitative estimate of drug-likeness (QED) is 0.489. The molecule has 2 aromatic carbocycles. The van der Waals surface area contributed by atoms with Crippen LogP contribution in [0.4, 0.5) is 4.39 Å². The summed E-state index contributed by atoms with van der Waals surface area (Å²) >= 11 is 3.37. The van der Waals surface area contributed by atoms with Crippen LogP contribution in [0.1, 0.15) is 19.8 Å². The average molecular weight is 439 g/mol. The number of para-hydroxylation sites is 2. The minimum atomic E-state index is -0.971. The second kappa shape index (κ2) is 10.5. The number of rotatable bonds is 8. The van der Waals surface area contributed by atoms with Crippen LogP contribution in [0.2, 0.25) is 0 Å². The molecule has 0 aliphatic carbocycles. The molecule has 0 aliphatic heterocycles. The molecule has 0 heterocycles. The molecule has 2 amide bonds. The number of benzene rings is 2. The maximum atomic E-state index is 13.5. The number of carbonyl (C=O) groups excluding carboxylic acids is 2. The van der Waals surface area contributed by atoms with E-state index in [1.165, 1.54) is 25.1 Å². The maximum Gasteiger partial charge on any atom is 0.279 e. The number of halogens is 2. The van der Waals surface area contributed by atoms with Crippen molar-refractivity contribution in [2.45, 2.75) is 25.9 Å². The zero-order valence-corrected chi connectivity index (χ0v) is 16.3. The molecule has 1 atom stereocenters. The van der Waals surface area contributed by atoms with Crippen molar-refractivity contribution < 1.29 is 23.5 Å². The summed E-state index contributed by atoms with van der Waals surface area (Å²) in [6.45, 7) is 1.82. The number of nitrogens with one attached hydrogen (secondary N) is 2. The first-order valence-corrected chi connectivity index (χ1v) is 9.14. The molecule has 2 aromatic rings. The number of carbonyl (C=O) groups is 2. The van der Waals surface area contributed by atoms with Gasteiger partial charge in [-0.05, 0) is 53.5 Å². The van der Waals surface area contributed by atoms with Gasteiger partial charge in [0.15, 0.2) is 17.7 Å². The predicted molar refractivity (Wildman–Crippen MR) is 102 cm³/mol. The lowest BCUT2D eigenvalue weighted by Gasteiger charge is -2.15. The van der Waals surface area contributed by atoms with Crippen molar-refractivity contribution in [1.29, 1.82) is 0 Å². The third-order valence-electron chi connectivity index (χ3n) is 3.48. The Kier molecular flexibility index (Phi) is 8.06. The lowest BCUT2D eigenvalue weighted by Crippen LogP contribution is -2.47. The molecule has 8 heteroatoms. The molecule has 0 bridgehead atoms. The smallest absolute Gasteiger partial charge is 0.279 e. The van der Waals surface area contributed by atoms with E-state index in [1.807, 2.05) is 24.3 Å². The van der Waals surface area contributed by atoms with Gasteiger partial charge >= 0.3 is 0 Å². The zero-order chi connectivity index (χ0) is 19.6. The van der Waals surface area contributed by atoms with Crippen LogP contribution in [0.3, 0.4) is 0 Å². The van der Waals surface area contributed by atoms with E-state index < -0.39 is 17.8 Å². The molecular weight excluding hydrogens is 419 g/mol. The molecule has 144 valence electrons. The number of ether oxygens (including phenoxy) is 2. The monoisotopic (exact) mass is 438 g/mol. The van der Waals surface area contributed by atoms with Crippen LogP contribution < -0.4 is 20.3 Å². The lowest BCUT2D eigenvalue weighted by molar-refractivity contribution is -0.132. The molecule has 2 N–H and O–H groups in total. The zero-order valence-electron chi connectivity index (χ0n) is 14.7. The largest absolute Gasteiger partial charge is 0.492 e. The molecule has 1 unspecified atom stereocenters. The van der Waals surface area contributed by atoms with Crippen LogP contribution in [0.15, 0.2) is 53.0 Å². The van der Waals surface area contributed by atoms with E-state index >= 15 is 0 Å². The van der Waals surface area contributed by atoms with Gasteiger partial charge in [0.1, 0.15) is 5.75 Å². The van der Waals surface area contributed by atoms with Crippen LogP contribution in [0.25, 0.3) is 0 Å². The van der Waals surface area contributed by atoms with Crippen LogP contribution in [0.5, 0.6) is 11.5 Å². The van der Waals surface area contributed by atoms with Gasteiger partial charge in [-0.25, -0.2) is 4.39 Å². The molecule has 0 spiro atoms. The summed E-state index contributed by atoms with van der Waals surface area (Å²) in [5, 5.41) is 0. The lowest BCUT2D eigenvalue weighted by atomic mass is 10.3. The molecular formula is C19H20BrFN2O4. The third-order valence-corrected chi connectivity index (χ3v) is 4.13. The van der Waals surface area contributed by atoms with Crippen molar-refractivity contribution in [3.8, 4) is 11.5 Å². The summed E-state index contributed by atoms with van der Waals surface area (Å²) in [4.78, 5) is 23.7. The Balaban J connectivity index is 1.65. The second-order valence-corrected chi connectivity index (χ2v) is 6.46. The van der Waals surface area contributed by atoms with Crippen molar-refractivity contribution in [3.05, 3.63) is 58.8 Å². The van der Waals surface area contributed by atoms with E-state index in [4.69, 9.17) is 9.47 Å². The maximum absolute atomic E-state index is 13.5. The van der Waals surface area contributed by atoms with Gasteiger partial charge in [0.25, 0.3) is 5.91 Å². The summed E-state index contributed by atoms with van der Waals surface area (Å²) < 4.78 is 25.1. The molecule has 27 heavy (non-hydrogen) atoms. The molecule has 0 aliphatic rings. The first-order chi connectivity index (χ1) is 13.0. The Bertz CT molecular complexity index is 788. The van der Waals surface area contributed by atoms with Crippen molar-refractivity contribution in [1.82, 2.24) is 10.9 Å². The van der Waals surface area contributed by atoms with Gasteiger partial charge in [-0.2, -0.15) is 0 Å². The number of hydrogen-bond acceptors (Lipinski definition) is 4. The highest BCUT2D eigenvalue weighted by Crippen LogP contribution is 2.23. The van der Waals surface area contributed by atoms with Gasteiger partial charge in [-0.1, -0.05) is 24.3 Å². The standard InChI is InChI=1S/C19H20BrFN2O4/c1-13(27-17-10-5-3-8-15(17)21)19(25)23-22-18(24)11-6-12-26-16-9-4-2-7-14(16)20/h2-5,7-10,13H,6,11-12H2,1H3,(H,22,24)(H,23,25).